The molecule has 0 aliphatic carbocycles. The van der Waals surface area contributed by atoms with Crippen LogP contribution in [0.1, 0.15) is 25.7 Å². The van der Waals surface area contributed by atoms with Gasteiger partial charge in [0.1, 0.15) is 0 Å². The minimum atomic E-state index is -0.0226. The number of hydrogen-bond donors (Lipinski definition) is 2. The maximum absolute atomic E-state index is 11.7. The highest BCUT2D eigenvalue weighted by atomic mass is 35.5. The third kappa shape index (κ3) is 5.21. The molecule has 3 N–H and O–H groups in total. The van der Waals surface area contributed by atoms with E-state index in [9.17, 15) is 4.79 Å². The average Bonchev–Trinajstić information content (AvgIpc) is 2.84. The largest absolute Gasteiger partial charge is 0.441 e. The molecule has 1 heterocycles. The van der Waals surface area contributed by atoms with Crippen molar-refractivity contribution in [2.24, 2.45) is 5.73 Å². The molecule has 0 aliphatic heterocycles. The van der Waals surface area contributed by atoms with Gasteiger partial charge in [0.05, 0.1) is 6.20 Å². The van der Waals surface area contributed by atoms with E-state index >= 15 is 0 Å². The fourth-order valence-corrected chi connectivity index (χ4v) is 1.79. The van der Waals surface area contributed by atoms with Crippen molar-refractivity contribution >= 4 is 24.0 Å². The summed E-state index contributed by atoms with van der Waals surface area (Å²) in [7, 11) is 0. The van der Waals surface area contributed by atoms with Gasteiger partial charge in [-0.05, 0) is 37.6 Å². The van der Waals surface area contributed by atoms with Gasteiger partial charge in [-0.25, -0.2) is 4.98 Å². The number of nitrogens with one attached hydrogen (secondary N) is 1. The van der Waals surface area contributed by atoms with E-state index < -0.39 is 0 Å². The van der Waals surface area contributed by atoms with Crippen molar-refractivity contribution in [3.05, 3.63) is 36.4 Å². The van der Waals surface area contributed by atoms with Crippen LogP contribution in [-0.2, 0) is 4.79 Å². The van der Waals surface area contributed by atoms with Gasteiger partial charge in [0.25, 0.3) is 0 Å². The first-order valence-electron chi connectivity index (χ1n) is 6.63. The molecule has 0 spiro atoms. The number of carbonyl (C=O) groups excluding carboxylic acids is 1. The molecule has 0 aliphatic rings. The van der Waals surface area contributed by atoms with E-state index in [0.29, 0.717) is 18.7 Å². The van der Waals surface area contributed by atoms with Crippen LogP contribution < -0.4 is 11.1 Å². The topological polar surface area (TPSA) is 81.2 Å². The summed E-state index contributed by atoms with van der Waals surface area (Å²) in [5.74, 6) is 1.33. The Hall–Kier alpha value is -1.85. The highest BCUT2D eigenvalue weighted by molar-refractivity contribution is 5.90. The predicted octanol–water partition coefficient (Wildman–Crippen LogP) is 3.14. The second kappa shape index (κ2) is 7.81. The minimum absolute atomic E-state index is 0. The summed E-state index contributed by atoms with van der Waals surface area (Å²) in [6.45, 7) is 3.69. The molecule has 0 bridgehead atoms. The second-order valence-electron chi connectivity index (χ2n) is 4.89. The highest BCUT2D eigenvalue weighted by Crippen LogP contribution is 2.22. The number of aromatic nitrogens is 1. The molecule has 2 rings (SSSR count). The normalized spacial score (nSPS) is 11.6. The van der Waals surface area contributed by atoms with Crippen molar-refractivity contribution in [1.29, 1.82) is 0 Å². The molecule has 114 valence electrons. The van der Waals surface area contributed by atoms with Crippen molar-refractivity contribution in [2.75, 3.05) is 5.32 Å². The fraction of sp³-hybridized carbons (Fsp3) is 0.333. The molecule has 1 aromatic carbocycles. The van der Waals surface area contributed by atoms with Crippen LogP contribution in [0, 0.1) is 6.92 Å². The van der Waals surface area contributed by atoms with Crippen LogP contribution in [0.3, 0.4) is 0 Å². The van der Waals surface area contributed by atoms with E-state index in [1.54, 1.807) is 13.1 Å². The van der Waals surface area contributed by atoms with Crippen LogP contribution in [0.4, 0.5) is 5.69 Å². The van der Waals surface area contributed by atoms with E-state index in [-0.39, 0.29) is 24.4 Å². The molecule has 1 unspecified atom stereocenters. The monoisotopic (exact) mass is 309 g/mol. The van der Waals surface area contributed by atoms with Crippen LogP contribution in [0.5, 0.6) is 0 Å². The number of carbonyl (C=O) groups is 1. The Morgan fingerprint density at radius 1 is 1.38 bits per heavy atom. The number of oxazole rings is 1. The van der Waals surface area contributed by atoms with E-state index in [1.807, 2.05) is 31.2 Å². The first kappa shape index (κ1) is 17.2. The zero-order valence-corrected chi connectivity index (χ0v) is 12.9. The molecule has 6 heteroatoms. The first-order chi connectivity index (χ1) is 9.54. The van der Waals surface area contributed by atoms with Crippen LogP contribution in [-0.4, -0.2) is 16.9 Å². The van der Waals surface area contributed by atoms with Gasteiger partial charge < -0.3 is 15.5 Å². The number of aryl methyl sites for hydroxylation is 1. The number of amides is 1. The zero-order valence-electron chi connectivity index (χ0n) is 12.1. The SMILES string of the molecule is Cc1ncc(-c2ccc(NC(=O)CCC(C)N)cc2)o1.Cl. The van der Waals surface area contributed by atoms with Crippen LogP contribution in [0.2, 0.25) is 0 Å². The van der Waals surface area contributed by atoms with Crippen LogP contribution in [0.25, 0.3) is 11.3 Å². The summed E-state index contributed by atoms with van der Waals surface area (Å²) in [5.41, 5.74) is 7.32. The van der Waals surface area contributed by atoms with E-state index in [0.717, 1.165) is 17.0 Å². The van der Waals surface area contributed by atoms with Gasteiger partial charge >= 0.3 is 0 Å². The number of halogens is 1. The predicted molar refractivity (Wildman–Crippen MR) is 85.4 cm³/mol. The molecule has 0 saturated heterocycles. The maximum atomic E-state index is 11.7. The van der Waals surface area contributed by atoms with Gasteiger partial charge in [-0.2, -0.15) is 0 Å². The van der Waals surface area contributed by atoms with E-state index in [4.69, 9.17) is 10.2 Å². The standard InChI is InChI=1S/C15H19N3O2.ClH/c1-10(16)3-8-15(19)18-13-6-4-12(5-7-13)14-9-17-11(2)20-14;/h4-7,9-10H,3,8,16H2,1-2H3,(H,18,19);1H. The molecule has 1 amide bonds. The molecule has 1 atom stereocenters. The Balaban J connectivity index is 0.00000220. The quantitative estimate of drug-likeness (QED) is 0.889. The van der Waals surface area contributed by atoms with Crippen LogP contribution in [0.15, 0.2) is 34.9 Å². The summed E-state index contributed by atoms with van der Waals surface area (Å²) >= 11 is 0. The van der Waals surface area contributed by atoms with Crippen molar-refractivity contribution in [3.63, 3.8) is 0 Å². The lowest BCUT2D eigenvalue weighted by Crippen LogP contribution is -2.19. The Morgan fingerprint density at radius 2 is 2.05 bits per heavy atom. The fourth-order valence-electron chi connectivity index (χ4n) is 1.79. The van der Waals surface area contributed by atoms with Gasteiger partial charge in [0, 0.05) is 30.6 Å². The number of benzene rings is 1. The highest BCUT2D eigenvalue weighted by Gasteiger charge is 2.06. The van der Waals surface area contributed by atoms with Crippen molar-refractivity contribution in [1.82, 2.24) is 4.98 Å². The van der Waals surface area contributed by atoms with Crippen molar-refractivity contribution < 1.29 is 9.21 Å². The molecular formula is C15H20ClN3O2. The Bertz CT molecular complexity index is 579. The number of rotatable bonds is 5. The number of nitrogens with two attached hydrogens (primary N) is 1. The molecular weight excluding hydrogens is 290 g/mol. The molecule has 21 heavy (non-hydrogen) atoms. The summed E-state index contributed by atoms with van der Waals surface area (Å²) in [4.78, 5) is 15.7. The maximum Gasteiger partial charge on any atom is 0.224 e. The number of nitrogens with zero attached hydrogens (tertiary/aromatic N) is 1. The Labute approximate surface area is 130 Å². The lowest BCUT2D eigenvalue weighted by atomic mass is 10.1. The molecule has 0 saturated carbocycles. The average molecular weight is 310 g/mol. The third-order valence-electron chi connectivity index (χ3n) is 2.90. The third-order valence-corrected chi connectivity index (χ3v) is 2.90. The molecule has 0 fully saturated rings. The van der Waals surface area contributed by atoms with Gasteiger partial charge in [-0.3, -0.25) is 4.79 Å². The Kier molecular flexibility index (Phi) is 6.39. The van der Waals surface area contributed by atoms with Gasteiger partial charge in [-0.15, -0.1) is 12.4 Å². The zero-order chi connectivity index (χ0) is 14.5. The van der Waals surface area contributed by atoms with Crippen molar-refractivity contribution in [2.45, 2.75) is 32.7 Å². The van der Waals surface area contributed by atoms with Gasteiger partial charge in [0.15, 0.2) is 11.7 Å². The molecule has 2 aromatic rings. The van der Waals surface area contributed by atoms with Gasteiger partial charge in [-0.1, -0.05) is 0 Å². The lowest BCUT2D eigenvalue weighted by Gasteiger charge is -2.07. The molecule has 0 radical (unpaired) electrons. The summed E-state index contributed by atoms with van der Waals surface area (Å²) in [6, 6.07) is 7.51. The Morgan fingerprint density at radius 3 is 2.57 bits per heavy atom. The van der Waals surface area contributed by atoms with E-state index in [2.05, 4.69) is 10.3 Å². The minimum Gasteiger partial charge on any atom is -0.441 e. The first-order valence-corrected chi connectivity index (χ1v) is 6.63. The van der Waals surface area contributed by atoms with Crippen molar-refractivity contribution in [3.8, 4) is 11.3 Å². The smallest absolute Gasteiger partial charge is 0.224 e. The van der Waals surface area contributed by atoms with E-state index in [1.165, 1.54) is 0 Å². The number of hydrogen-bond acceptors (Lipinski definition) is 4. The molecule has 1 aromatic heterocycles. The van der Waals surface area contributed by atoms with Crippen LogP contribution >= 0.6 is 12.4 Å². The molecule has 5 nitrogen and oxygen atoms in total. The number of anilines is 1. The summed E-state index contributed by atoms with van der Waals surface area (Å²) in [5, 5.41) is 2.84. The lowest BCUT2D eigenvalue weighted by molar-refractivity contribution is -0.116. The second-order valence-corrected chi connectivity index (χ2v) is 4.89. The summed E-state index contributed by atoms with van der Waals surface area (Å²) in [6.07, 6.45) is 2.80. The van der Waals surface area contributed by atoms with Gasteiger partial charge in [0.2, 0.25) is 5.91 Å². The summed E-state index contributed by atoms with van der Waals surface area (Å²) < 4.78 is 5.44.